The van der Waals surface area contributed by atoms with Gasteiger partial charge in [0.05, 0.1) is 11.7 Å². The number of hydrogen-bond donors (Lipinski definition) is 0. The first-order valence-electron chi connectivity index (χ1n) is 10.7. The zero-order valence-electron chi connectivity index (χ0n) is 18.0. The average molecular weight is 416 g/mol. The van der Waals surface area contributed by atoms with Crippen LogP contribution in [0.5, 0.6) is 0 Å². The monoisotopic (exact) mass is 415 g/mol. The van der Waals surface area contributed by atoms with E-state index in [2.05, 4.69) is 26.8 Å². The molecule has 1 atom stereocenters. The summed E-state index contributed by atoms with van der Waals surface area (Å²) in [5, 5.41) is 0. The molecule has 1 unspecified atom stereocenters. The first-order valence-corrected chi connectivity index (χ1v) is 10.7. The normalized spacial score (nSPS) is 17.9. The van der Waals surface area contributed by atoms with E-state index >= 15 is 0 Å². The fourth-order valence-corrected chi connectivity index (χ4v) is 4.10. The second-order valence-corrected chi connectivity index (χ2v) is 8.28. The van der Waals surface area contributed by atoms with Crippen LogP contribution < -0.4 is 9.80 Å². The maximum Gasteiger partial charge on any atom is 0.229 e. The standard InChI is InChI=1S/C23H25N7O/c1-14-11-17(29(3)23(31)16-5-6-16)12-20(27-14)30-10-7-19-18(15(30)2)13-26-22(28-19)21-24-8-4-9-25-21/h4,8-9,11-13,15-16H,5-7,10H2,1-3H3. The molecule has 31 heavy (non-hydrogen) atoms. The van der Waals surface area contributed by atoms with E-state index in [0.29, 0.717) is 11.6 Å². The van der Waals surface area contributed by atoms with Crippen molar-refractivity contribution >= 4 is 17.4 Å². The Morgan fingerprint density at radius 3 is 2.61 bits per heavy atom. The molecule has 1 amide bonds. The van der Waals surface area contributed by atoms with E-state index < -0.39 is 0 Å². The molecule has 1 fully saturated rings. The van der Waals surface area contributed by atoms with Crippen molar-refractivity contribution in [2.45, 2.75) is 39.2 Å². The number of nitrogens with zero attached hydrogens (tertiary/aromatic N) is 7. The lowest BCUT2D eigenvalue weighted by molar-refractivity contribution is -0.119. The lowest BCUT2D eigenvalue weighted by Gasteiger charge is -2.36. The fourth-order valence-electron chi connectivity index (χ4n) is 4.10. The van der Waals surface area contributed by atoms with E-state index in [1.165, 1.54) is 0 Å². The van der Waals surface area contributed by atoms with E-state index in [1.54, 1.807) is 23.4 Å². The lowest BCUT2D eigenvalue weighted by atomic mass is 9.99. The molecule has 3 aromatic heterocycles. The molecule has 1 aliphatic carbocycles. The Kier molecular flexibility index (Phi) is 4.84. The summed E-state index contributed by atoms with van der Waals surface area (Å²) in [5.41, 5.74) is 3.90. The van der Waals surface area contributed by atoms with Gasteiger partial charge < -0.3 is 9.80 Å². The van der Waals surface area contributed by atoms with Crippen LogP contribution in [-0.4, -0.2) is 44.4 Å². The largest absolute Gasteiger partial charge is 0.349 e. The Morgan fingerprint density at radius 1 is 1.10 bits per heavy atom. The molecule has 0 radical (unpaired) electrons. The summed E-state index contributed by atoms with van der Waals surface area (Å²) in [6.45, 7) is 4.90. The summed E-state index contributed by atoms with van der Waals surface area (Å²) in [4.78, 5) is 39.1. The number of aromatic nitrogens is 5. The van der Waals surface area contributed by atoms with Gasteiger partial charge in [0.25, 0.3) is 0 Å². The van der Waals surface area contributed by atoms with Crippen LogP contribution in [0, 0.1) is 12.8 Å². The molecule has 158 valence electrons. The SMILES string of the molecule is Cc1cc(N(C)C(=O)C2CC2)cc(N2CCc3nc(-c4ncccn4)ncc3C2C)n1. The first kappa shape index (κ1) is 19.5. The zero-order chi connectivity index (χ0) is 21.5. The maximum absolute atomic E-state index is 12.5. The number of pyridine rings is 1. The van der Waals surface area contributed by atoms with Crippen molar-refractivity contribution in [1.82, 2.24) is 24.9 Å². The van der Waals surface area contributed by atoms with Gasteiger partial charge in [0, 0.05) is 67.5 Å². The van der Waals surface area contributed by atoms with Crippen LogP contribution in [0.15, 0.2) is 36.8 Å². The Bertz CT molecular complexity index is 1130. The van der Waals surface area contributed by atoms with Gasteiger partial charge in [-0.2, -0.15) is 0 Å². The minimum Gasteiger partial charge on any atom is -0.349 e. The molecule has 3 aromatic rings. The molecule has 0 bridgehead atoms. The van der Waals surface area contributed by atoms with Crippen molar-refractivity contribution in [3.05, 3.63) is 53.7 Å². The molecule has 1 saturated carbocycles. The van der Waals surface area contributed by atoms with Crippen molar-refractivity contribution in [3.63, 3.8) is 0 Å². The Morgan fingerprint density at radius 2 is 1.87 bits per heavy atom. The van der Waals surface area contributed by atoms with E-state index in [0.717, 1.165) is 54.3 Å². The Hall–Kier alpha value is -3.42. The molecule has 0 saturated heterocycles. The van der Waals surface area contributed by atoms with Crippen molar-refractivity contribution in [3.8, 4) is 11.6 Å². The third-order valence-electron chi connectivity index (χ3n) is 6.04. The highest BCUT2D eigenvalue weighted by atomic mass is 16.2. The number of hydrogen-bond acceptors (Lipinski definition) is 7. The topological polar surface area (TPSA) is 88.0 Å². The predicted molar refractivity (Wildman–Crippen MR) is 118 cm³/mol. The molecular formula is C23H25N7O. The Labute approximate surface area is 181 Å². The van der Waals surface area contributed by atoms with Crippen molar-refractivity contribution in [2.75, 3.05) is 23.4 Å². The van der Waals surface area contributed by atoms with Crippen molar-refractivity contribution < 1.29 is 4.79 Å². The Balaban J connectivity index is 1.43. The van der Waals surface area contributed by atoms with E-state index in [4.69, 9.17) is 9.97 Å². The van der Waals surface area contributed by atoms with Crippen molar-refractivity contribution in [2.24, 2.45) is 5.92 Å². The summed E-state index contributed by atoms with van der Waals surface area (Å²) < 4.78 is 0. The van der Waals surface area contributed by atoms with Crippen LogP contribution >= 0.6 is 0 Å². The number of rotatable bonds is 4. The van der Waals surface area contributed by atoms with Gasteiger partial charge in [-0.25, -0.2) is 24.9 Å². The molecule has 8 heteroatoms. The second kappa shape index (κ2) is 7.68. The van der Waals surface area contributed by atoms with Gasteiger partial charge >= 0.3 is 0 Å². The van der Waals surface area contributed by atoms with E-state index in [1.807, 2.05) is 32.3 Å². The van der Waals surface area contributed by atoms with E-state index in [-0.39, 0.29) is 17.9 Å². The van der Waals surface area contributed by atoms with Gasteiger partial charge in [0.2, 0.25) is 5.91 Å². The first-order chi connectivity index (χ1) is 15.0. The summed E-state index contributed by atoms with van der Waals surface area (Å²) >= 11 is 0. The lowest BCUT2D eigenvalue weighted by Crippen LogP contribution is -2.36. The molecule has 0 aromatic carbocycles. The number of aryl methyl sites for hydroxylation is 1. The summed E-state index contributed by atoms with van der Waals surface area (Å²) in [6.07, 6.45) is 8.04. The molecular weight excluding hydrogens is 390 g/mol. The molecule has 2 aliphatic rings. The molecule has 0 N–H and O–H groups in total. The van der Waals surface area contributed by atoms with E-state index in [9.17, 15) is 4.79 Å². The number of carbonyl (C=O) groups excluding carboxylic acids is 1. The van der Waals surface area contributed by atoms with Crippen molar-refractivity contribution in [1.29, 1.82) is 0 Å². The van der Waals surface area contributed by atoms with Crippen LogP contribution in [0.4, 0.5) is 11.5 Å². The quantitative estimate of drug-likeness (QED) is 0.647. The minimum atomic E-state index is 0.0704. The van der Waals surface area contributed by atoms with Crippen LogP contribution in [0.1, 0.15) is 42.8 Å². The van der Waals surface area contributed by atoms with Crippen LogP contribution in [-0.2, 0) is 11.2 Å². The van der Waals surface area contributed by atoms with Gasteiger partial charge in [-0.05, 0) is 38.8 Å². The molecule has 4 heterocycles. The molecule has 0 spiro atoms. The molecule has 5 rings (SSSR count). The van der Waals surface area contributed by atoms with Crippen LogP contribution in [0.2, 0.25) is 0 Å². The highest BCUT2D eigenvalue weighted by Gasteiger charge is 2.33. The summed E-state index contributed by atoms with van der Waals surface area (Å²) in [7, 11) is 1.86. The highest BCUT2D eigenvalue weighted by Crippen LogP contribution is 2.36. The smallest absolute Gasteiger partial charge is 0.229 e. The third-order valence-corrected chi connectivity index (χ3v) is 6.04. The number of fused-ring (bicyclic) bond motifs is 1. The van der Waals surface area contributed by atoms with Gasteiger partial charge in [-0.15, -0.1) is 0 Å². The highest BCUT2D eigenvalue weighted by molar-refractivity contribution is 5.96. The third kappa shape index (κ3) is 3.73. The van der Waals surface area contributed by atoms with Gasteiger partial charge in [0.1, 0.15) is 5.82 Å². The van der Waals surface area contributed by atoms with Crippen LogP contribution in [0.25, 0.3) is 11.6 Å². The number of anilines is 2. The maximum atomic E-state index is 12.5. The zero-order valence-corrected chi connectivity index (χ0v) is 18.0. The average Bonchev–Trinajstić information content (AvgIpc) is 3.64. The van der Waals surface area contributed by atoms with Crippen LogP contribution in [0.3, 0.4) is 0 Å². The summed E-state index contributed by atoms with van der Waals surface area (Å²) in [6, 6.07) is 5.84. The van der Waals surface area contributed by atoms with Gasteiger partial charge in [0.15, 0.2) is 11.6 Å². The van der Waals surface area contributed by atoms with Gasteiger partial charge in [-0.1, -0.05) is 0 Å². The fraction of sp³-hybridized carbons (Fsp3) is 0.391. The molecule has 8 nitrogen and oxygen atoms in total. The number of carbonyl (C=O) groups is 1. The van der Waals surface area contributed by atoms with Gasteiger partial charge in [-0.3, -0.25) is 4.79 Å². The summed E-state index contributed by atoms with van der Waals surface area (Å²) in [5.74, 6) is 2.34. The predicted octanol–water partition coefficient (Wildman–Crippen LogP) is 3.13. The second-order valence-electron chi connectivity index (χ2n) is 8.28. The number of amides is 1. The minimum absolute atomic E-state index is 0.0704. The molecule has 1 aliphatic heterocycles.